The number of fused-ring (bicyclic) bond motifs is 1. The van der Waals surface area contributed by atoms with Gasteiger partial charge in [0, 0.05) is 13.5 Å². The second kappa shape index (κ2) is 3.47. The van der Waals surface area contributed by atoms with Gasteiger partial charge in [-0.1, -0.05) is 0 Å². The van der Waals surface area contributed by atoms with Crippen molar-refractivity contribution in [3.63, 3.8) is 0 Å². The van der Waals surface area contributed by atoms with Crippen LogP contribution in [-0.2, 0) is 14.3 Å². The van der Waals surface area contributed by atoms with Crippen molar-refractivity contribution in [2.75, 3.05) is 7.11 Å². The maximum atomic E-state index is 11.4. The zero-order valence-corrected chi connectivity index (χ0v) is 9.02. The van der Waals surface area contributed by atoms with Crippen molar-refractivity contribution >= 4 is 5.97 Å². The van der Waals surface area contributed by atoms with E-state index in [1.807, 2.05) is 12.1 Å². The van der Waals surface area contributed by atoms with Gasteiger partial charge in [0.1, 0.15) is 0 Å². The smallest absolute Gasteiger partial charge is 0.308 e. The number of carbonyl (C=O) groups is 1. The van der Waals surface area contributed by atoms with Crippen LogP contribution in [0.15, 0.2) is 0 Å². The summed E-state index contributed by atoms with van der Waals surface area (Å²) in [6, 6.07) is 4.09. The summed E-state index contributed by atoms with van der Waals surface area (Å²) in [5.74, 6) is -1.91. The van der Waals surface area contributed by atoms with Gasteiger partial charge in [-0.05, 0) is 12.8 Å². The Morgan fingerprint density at radius 1 is 1.44 bits per heavy atom. The fourth-order valence-electron chi connectivity index (χ4n) is 2.77. The average molecular weight is 220 g/mol. The molecule has 1 aliphatic heterocycles. The summed E-state index contributed by atoms with van der Waals surface area (Å²) in [5, 5.41) is 18.4. The molecule has 0 aromatic carbocycles. The predicted molar refractivity (Wildman–Crippen MR) is 51.4 cm³/mol. The third-order valence-electron chi connectivity index (χ3n) is 3.62. The van der Waals surface area contributed by atoms with E-state index in [2.05, 4.69) is 0 Å². The van der Waals surface area contributed by atoms with Gasteiger partial charge in [0.25, 0.3) is 0 Å². The zero-order valence-electron chi connectivity index (χ0n) is 9.02. The maximum absolute atomic E-state index is 11.4. The molecule has 84 valence electrons. The Morgan fingerprint density at radius 2 is 2.12 bits per heavy atom. The normalized spacial score (nSPS) is 35.7. The molecule has 1 saturated carbocycles. The van der Waals surface area contributed by atoms with Crippen LogP contribution in [0.25, 0.3) is 0 Å². The van der Waals surface area contributed by atoms with E-state index in [1.165, 1.54) is 7.11 Å². The van der Waals surface area contributed by atoms with Crippen LogP contribution in [0.2, 0.25) is 0 Å². The highest BCUT2D eigenvalue weighted by Gasteiger charge is 2.62. The Kier molecular flexibility index (Phi) is 2.36. The van der Waals surface area contributed by atoms with Crippen molar-refractivity contribution in [1.29, 1.82) is 10.5 Å². The highest BCUT2D eigenvalue weighted by atomic mass is 16.7. The van der Waals surface area contributed by atoms with Gasteiger partial charge in [0.05, 0.1) is 24.5 Å². The number of nitrogens with zero attached hydrogens (tertiary/aromatic N) is 2. The molecule has 5 nitrogen and oxygen atoms in total. The van der Waals surface area contributed by atoms with E-state index in [1.54, 1.807) is 0 Å². The van der Waals surface area contributed by atoms with Gasteiger partial charge in [-0.25, -0.2) is 0 Å². The average Bonchev–Trinajstić information content (AvgIpc) is 2.66. The predicted octanol–water partition coefficient (Wildman–Crippen LogP) is 1.11. The van der Waals surface area contributed by atoms with Crippen molar-refractivity contribution in [2.45, 2.75) is 31.5 Å². The van der Waals surface area contributed by atoms with Gasteiger partial charge in [-0.15, -0.1) is 0 Å². The van der Waals surface area contributed by atoms with Crippen LogP contribution in [0.3, 0.4) is 0 Å². The molecule has 0 aromatic rings. The summed E-state index contributed by atoms with van der Waals surface area (Å²) in [6.45, 7) is 0. The Morgan fingerprint density at radius 3 is 2.69 bits per heavy atom. The monoisotopic (exact) mass is 220 g/mol. The first-order valence-electron chi connectivity index (χ1n) is 5.22. The van der Waals surface area contributed by atoms with Crippen LogP contribution in [-0.4, -0.2) is 18.9 Å². The Bertz CT molecular complexity index is 392. The molecule has 2 fully saturated rings. The van der Waals surface area contributed by atoms with Crippen LogP contribution >= 0.6 is 0 Å². The van der Waals surface area contributed by atoms with Crippen LogP contribution in [0.1, 0.15) is 25.7 Å². The van der Waals surface area contributed by atoms with Crippen LogP contribution in [0, 0.1) is 34.0 Å². The number of nitriles is 2. The standard InChI is InChI=1S/C11H12N2O3/c1-15-11-4-2-3-10(6-12,7-13)8(11)5-9(14)16-11/h8H,2-5H2,1H3/t8-,11+/m1/s1. The second-order valence-corrected chi connectivity index (χ2v) is 4.30. The Balaban J connectivity index is 2.45. The van der Waals surface area contributed by atoms with Gasteiger partial charge in [-0.3, -0.25) is 4.79 Å². The third kappa shape index (κ3) is 1.22. The van der Waals surface area contributed by atoms with Crippen LogP contribution in [0.4, 0.5) is 0 Å². The summed E-state index contributed by atoms with van der Waals surface area (Å²) in [7, 11) is 1.45. The first kappa shape index (κ1) is 10.9. The van der Waals surface area contributed by atoms with E-state index < -0.39 is 17.1 Å². The molecule has 2 atom stereocenters. The first-order chi connectivity index (χ1) is 7.62. The Labute approximate surface area is 93.6 Å². The molecule has 0 spiro atoms. The second-order valence-electron chi connectivity index (χ2n) is 4.30. The van der Waals surface area contributed by atoms with Crippen LogP contribution < -0.4 is 0 Å². The van der Waals surface area contributed by atoms with Gasteiger partial charge < -0.3 is 9.47 Å². The summed E-state index contributed by atoms with van der Waals surface area (Å²) in [4.78, 5) is 11.4. The van der Waals surface area contributed by atoms with Crippen molar-refractivity contribution < 1.29 is 14.3 Å². The lowest BCUT2D eigenvalue weighted by molar-refractivity contribution is -0.237. The summed E-state index contributed by atoms with van der Waals surface area (Å²) < 4.78 is 10.5. The molecule has 0 amide bonds. The lowest BCUT2D eigenvalue weighted by Crippen LogP contribution is -2.49. The van der Waals surface area contributed by atoms with E-state index >= 15 is 0 Å². The van der Waals surface area contributed by atoms with E-state index in [4.69, 9.17) is 9.47 Å². The van der Waals surface area contributed by atoms with Crippen molar-refractivity contribution in [2.24, 2.45) is 11.3 Å². The largest absolute Gasteiger partial charge is 0.433 e. The fraction of sp³-hybridized carbons (Fsp3) is 0.727. The van der Waals surface area contributed by atoms with Crippen molar-refractivity contribution in [3.8, 4) is 12.1 Å². The molecule has 2 aliphatic rings. The van der Waals surface area contributed by atoms with E-state index in [-0.39, 0.29) is 12.4 Å². The summed E-state index contributed by atoms with van der Waals surface area (Å²) in [6.07, 6.45) is 1.78. The molecule has 0 N–H and O–H groups in total. The molecular formula is C11H12N2O3. The molecular weight excluding hydrogens is 208 g/mol. The van der Waals surface area contributed by atoms with Gasteiger partial charge in [0.15, 0.2) is 5.41 Å². The number of rotatable bonds is 1. The molecule has 0 bridgehead atoms. The molecule has 1 aliphatic carbocycles. The molecule has 1 heterocycles. The summed E-state index contributed by atoms with van der Waals surface area (Å²) in [5.41, 5.74) is -1.15. The van der Waals surface area contributed by atoms with E-state index in [0.717, 1.165) is 0 Å². The molecule has 16 heavy (non-hydrogen) atoms. The van der Waals surface area contributed by atoms with E-state index in [0.29, 0.717) is 19.3 Å². The molecule has 0 radical (unpaired) electrons. The highest BCUT2D eigenvalue weighted by Crippen LogP contribution is 2.53. The molecule has 1 saturated heterocycles. The van der Waals surface area contributed by atoms with Crippen molar-refractivity contribution in [1.82, 2.24) is 0 Å². The number of hydrogen-bond acceptors (Lipinski definition) is 5. The Hall–Kier alpha value is -1.59. The first-order valence-corrected chi connectivity index (χ1v) is 5.22. The third-order valence-corrected chi connectivity index (χ3v) is 3.62. The minimum Gasteiger partial charge on any atom is -0.433 e. The van der Waals surface area contributed by atoms with Gasteiger partial charge >= 0.3 is 5.97 Å². The van der Waals surface area contributed by atoms with Crippen LogP contribution in [0.5, 0.6) is 0 Å². The zero-order chi connectivity index (χ0) is 11.8. The molecule has 5 heteroatoms. The summed E-state index contributed by atoms with van der Waals surface area (Å²) >= 11 is 0. The number of ether oxygens (including phenoxy) is 2. The quantitative estimate of drug-likeness (QED) is 0.618. The number of methoxy groups -OCH3 is 1. The molecule has 0 aromatic heterocycles. The molecule has 2 rings (SSSR count). The number of esters is 1. The molecule has 0 unspecified atom stereocenters. The van der Waals surface area contributed by atoms with Gasteiger partial charge in [-0.2, -0.15) is 10.5 Å². The topological polar surface area (TPSA) is 83.1 Å². The lowest BCUT2D eigenvalue weighted by Gasteiger charge is -2.41. The minimum atomic E-state index is -1.15. The highest BCUT2D eigenvalue weighted by molar-refractivity contribution is 5.73. The number of hydrogen-bond donors (Lipinski definition) is 0. The lowest BCUT2D eigenvalue weighted by atomic mass is 9.64. The number of carbonyl (C=O) groups excluding carboxylic acids is 1. The maximum Gasteiger partial charge on any atom is 0.308 e. The van der Waals surface area contributed by atoms with E-state index in [9.17, 15) is 15.3 Å². The minimum absolute atomic E-state index is 0.0922. The van der Waals surface area contributed by atoms with Crippen molar-refractivity contribution in [3.05, 3.63) is 0 Å². The SMILES string of the molecule is CO[C@]12CCCC(C#N)(C#N)[C@H]1CC(=O)O2. The van der Waals surface area contributed by atoms with Gasteiger partial charge in [0.2, 0.25) is 5.79 Å². The fourth-order valence-corrected chi connectivity index (χ4v) is 2.77.